The minimum atomic E-state index is -1.43. The maximum absolute atomic E-state index is 12.2. The van der Waals surface area contributed by atoms with Gasteiger partial charge in [0.25, 0.3) is 0 Å². The first kappa shape index (κ1) is 34.7. The van der Waals surface area contributed by atoms with Crippen molar-refractivity contribution in [1.29, 1.82) is 0 Å². The Kier molecular flexibility index (Phi) is 9.20. The third kappa shape index (κ3) is 6.35. The zero-order valence-corrected chi connectivity index (χ0v) is 28.0. The van der Waals surface area contributed by atoms with Gasteiger partial charge in [0.1, 0.15) is 24.3 Å². The number of aliphatic carboxylic acids is 2. The SMILES string of the molecule is O=C(NC1(C(=O)O)CC(O)C1)OCC1c2ccccc2-c2ccccc21.O=C(NC1(C(=O)O)CC(O)C1)OCC1c2ccccc2-c2ccccc21. The van der Waals surface area contributed by atoms with Crippen molar-refractivity contribution in [1.82, 2.24) is 10.6 Å². The van der Waals surface area contributed by atoms with Crippen LogP contribution in [0.3, 0.4) is 0 Å². The molecule has 52 heavy (non-hydrogen) atoms. The van der Waals surface area contributed by atoms with Crippen LogP contribution in [0.25, 0.3) is 22.3 Å². The van der Waals surface area contributed by atoms with E-state index in [4.69, 9.17) is 9.47 Å². The first-order valence-corrected chi connectivity index (χ1v) is 17.1. The summed E-state index contributed by atoms with van der Waals surface area (Å²) in [4.78, 5) is 47.1. The number of fused-ring (bicyclic) bond motifs is 6. The molecular weight excluding hydrogens is 668 g/mol. The molecule has 0 spiro atoms. The van der Waals surface area contributed by atoms with Crippen LogP contribution in [-0.2, 0) is 19.1 Å². The fraction of sp³-hybridized carbons (Fsp3) is 0.300. The van der Waals surface area contributed by atoms with Crippen LogP contribution in [0, 0.1) is 0 Å². The zero-order chi connectivity index (χ0) is 36.6. The molecule has 0 radical (unpaired) electrons. The molecule has 2 saturated carbocycles. The summed E-state index contributed by atoms with van der Waals surface area (Å²) in [5.41, 5.74) is 6.01. The Balaban J connectivity index is 0.000000162. The largest absolute Gasteiger partial charge is 0.479 e. The number of hydrogen-bond donors (Lipinski definition) is 6. The van der Waals surface area contributed by atoms with Crippen LogP contribution >= 0.6 is 0 Å². The van der Waals surface area contributed by atoms with Crippen LogP contribution in [0.2, 0.25) is 0 Å². The number of carbonyl (C=O) groups excluding carboxylic acids is 2. The van der Waals surface area contributed by atoms with Crippen molar-refractivity contribution >= 4 is 24.1 Å². The molecule has 0 saturated heterocycles. The highest BCUT2D eigenvalue weighted by Gasteiger charge is 2.52. The summed E-state index contributed by atoms with van der Waals surface area (Å²) in [6.07, 6.45) is -3.00. The minimum absolute atomic E-state index is 0.00741. The van der Waals surface area contributed by atoms with Crippen molar-refractivity contribution < 1.29 is 49.1 Å². The Labute approximate surface area is 299 Å². The third-order valence-corrected chi connectivity index (χ3v) is 10.5. The summed E-state index contributed by atoms with van der Waals surface area (Å²) in [5.74, 6) is -2.48. The van der Waals surface area contributed by atoms with Crippen molar-refractivity contribution in [3.8, 4) is 22.3 Å². The molecule has 6 N–H and O–H groups in total. The molecule has 8 rings (SSSR count). The maximum Gasteiger partial charge on any atom is 0.408 e. The van der Waals surface area contributed by atoms with E-state index in [1.54, 1.807) is 0 Å². The van der Waals surface area contributed by atoms with Gasteiger partial charge in [-0.3, -0.25) is 0 Å². The molecular formula is C40H38N2O10. The number of aliphatic hydroxyl groups excluding tert-OH is 2. The Hall–Kier alpha value is -5.72. The van der Waals surface area contributed by atoms with Crippen LogP contribution in [0.15, 0.2) is 97.1 Å². The molecule has 0 heterocycles. The minimum Gasteiger partial charge on any atom is -0.479 e. The van der Waals surface area contributed by atoms with Crippen molar-refractivity contribution in [2.45, 2.75) is 60.8 Å². The van der Waals surface area contributed by atoms with E-state index in [1.165, 1.54) is 0 Å². The van der Waals surface area contributed by atoms with Gasteiger partial charge in [0.2, 0.25) is 0 Å². The first-order chi connectivity index (χ1) is 25.0. The van der Waals surface area contributed by atoms with Gasteiger partial charge in [-0.25, -0.2) is 19.2 Å². The van der Waals surface area contributed by atoms with E-state index >= 15 is 0 Å². The Morgan fingerprint density at radius 3 is 1.04 bits per heavy atom. The number of ether oxygens (including phenoxy) is 2. The first-order valence-electron chi connectivity index (χ1n) is 17.1. The van der Waals surface area contributed by atoms with E-state index in [1.807, 2.05) is 97.1 Å². The Morgan fingerprint density at radius 2 is 0.788 bits per heavy atom. The van der Waals surface area contributed by atoms with Crippen LogP contribution in [0.4, 0.5) is 9.59 Å². The number of rotatable bonds is 8. The van der Waals surface area contributed by atoms with Crippen LogP contribution in [0.1, 0.15) is 59.8 Å². The average molecular weight is 707 g/mol. The smallest absolute Gasteiger partial charge is 0.408 e. The summed E-state index contributed by atoms with van der Waals surface area (Å²) in [6, 6.07) is 32.0. The molecule has 0 bridgehead atoms. The molecule has 0 unspecified atom stereocenters. The van der Waals surface area contributed by atoms with E-state index in [0.29, 0.717) is 0 Å². The van der Waals surface area contributed by atoms with Gasteiger partial charge in [-0.15, -0.1) is 0 Å². The highest BCUT2D eigenvalue weighted by molar-refractivity contribution is 5.87. The van der Waals surface area contributed by atoms with Crippen molar-refractivity contribution in [3.63, 3.8) is 0 Å². The molecule has 2 amide bonds. The van der Waals surface area contributed by atoms with E-state index in [2.05, 4.69) is 10.6 Å². The second-order valence-electron chi connectivity index (χ2n) is 13.8. The normalized spacial score (nSPS) is 23.5. The molecule has 2 fully saturated rings. The fourth-order valence-electron chi connectivity index (χ4n) is 7.81. The number of nitrogens with one attached hydrogen (secondary N) is 2. The van der Waals surface area contributed by atoms with Gasteiger partial charge in [0.05, 0.1) is 12.2 Å². The second kappa shape index (κ2) is 13.8. The van der Waals surface area contributed by atoms with E-state index in [0.717, 1.165) is 44.5 Å². The predicted molar refractivity (Wildman–Crippen MR) is 188 cm³/mol. The molecule has 268 valence electrons. The molecule has 12 nitrogen and oxygen atoms in total. The number of amides is 2. The van der Waals surface area contributed by atoms with E-state index in [9.17, 15) is 39.6 Å². The molecule has 0 aliphatic heterocycles. The molecule has 4 aliphatic carbocycles. The summed E-state index contributed by atoms with van der Waals surface area (Å²) in [6.45, 7) is 0.246. The number of carboxylic acids is 2. The van der Waals surface area contributed by atoms with Gasteiger partial charge in [-0.05, 0) is 44.5 Å². The fourth-order valence-corrected chi connectivity index (χ4v) is 7.81. The van der Waals surface area contributed by atoms with Crippen molar-refractivity contribution in [2.24, 2.45) is 0 Å². The molecule has 12 heteroatoms. The summed E-state index contributed by atoms with van der Waals surface area (Å²) >= 11 is 0. The van der Waals surface area contributed by atoms with Crippen LogP contribution in [0.5, 0.6) is 0 Å². The van der Waals surface area contributed by atoms with Gasteiger partial charge in [0, 0.05) is 37.5 Å². The number of benzene rings is 4. The highest BCUT2D eigenvalue weighted by atomic mass is 16.6. The van der Waals surface area contributed by atoms with E-state index < -0.39 is 47.4 Å². The van der Waals surface area contributed by atoms with Gasteiger partial charge >= 0.3 is 24.1 Å². The molecule has 4 aliphatic rings. The summed E-state index contributed by atoms with van der Waals surface area (Å²) in [5, 5.41) is 42.3. The second-order valence-corrected chi connectivity index (χ2v) is 13.8. The number of aliphatic hydroxyl groups is 2. The van der Waals surface area contributed by atoms with Gasteiger partial charge in [-0.2, -0.15) is 0 Å². The lowest BCUT2D eigenvalue weighted by molar-refractivity contribution is -0.154. The lowest BCUT2D eigenvalue weighted by Gasteiger charge is -2.41. The number of alkyl carbamates (subject to hydrolysis) is 2. The zero-order valence-electron chi connectivity index (χ0n) is 28.0. The molecule has 4 aromatic rings. The lowest BCUT2D eigenvalue weighted by atomic mass is 9.74. The standard InChI is InChI=1S/2C20H19NO5/c2*22-12-9-20(10-12,18(23)24)21-19(25)26-11-17-15-7-3-1-5-13(15)14-6-2-4-8-16(14)17/h2*1-8,12,17,22H,9-11H2,(H,21,25)(H,23,24). The number of carboxylic acid groups (broad SMARTS) is 2. The van der Waals surface area contributed by atoms with Gasteiger partial charge in [-0.1, -0.05) is 97.1 Å². The third-order valence-electron chi connectivity index (χ3n) is 10.5. The number of carbonyl (C=O) groups is 4. The lowest BCUT2D eigenvalue weighted by Crippen LogP contribution is -2.64. The van der Waals surface area contributed by atoms with Crippen LogP contribution in [-0.4, -0.2) is 81.1 Å². The monoisotopic (exact) mass is 706 g/mol. The number of hydrogen-bond acceptors (Lipinski definition) is 8. The Bertz CT molecular complexity index is 1800. The topological polar surface area (TPSA) is 192 Å². The Morgan fingerprint density at radius 1 is 0.519 bits per heavy atom. The van der Waals surface area contributed by atoms with Gasteiger partial charge in [0.15, 0.2) is 0 Å². The summed E-state index contributed by atoms with van der Waals surface area (Å²) < 4.78 is 10.7. The molecule has 4 aromatic carbocycles. The summed E-state index contributed by atoms with van der Waals surface area (Å²) in [7, 11) is 0. The van der Waals surface area contributed by atoms with Crippen molar-refractivity contribution in [2.75, 3.05) is 13.2 Å². The maximum atomic E-state index is 12.2. The van der Waals surface area contributed by atoms with Gasteiger partial charge < -0.3 is 40.5 Å². The quantitative estimate of drug-likeness (QED) is 0.145. The average Bonchev–Trinajstić information content (AvgIpc) is 3.60. The predicted octanol–water partition coefficient (Wildman–Crippen LogP) is 5.01. The molecule has 0 aromatic heterocycles. The molecule has 0 atom stereocenters. The highest BCUT2D eigenvalue weighted by Crippen LogP contribution is 2.46. The van der Waals surface area contributed by atoms with Crippen molar-refractivity contribution in [3.05, 3.63) is 119 Å². The van der Waals surface area contributed by atoms with Crippen LogP contribution < -0.4 is 10.6 Å². The van der Waals surface area contributed by atoms with E-state index in [-0.39, 0.29) is 50.7 Å².